The van der Waals surface area contributed by atoms with Crippen molar-refractivity contribution in [3.63, 3.8) is 0 Å². The quantitative estimate of drug-likeness (QED) is 0.771. The average molecular weight is 380 g/mol. The van der Waals surface area contributed by atoms with Crippen molar-refractivity contribution in [2.75, 3.05) is 11.9 Å². The van der Waals surface area contributed by atoms with Crippen LogP contribution in [0.5, 0.6) is 0 Å². The summed E-state index contributed by atoms with van der Waals surface area (Å²) in [4.78, 5) is 2.08. The molecule has 0 saturated heterocycles. The Morgan fingerprint density at radius 3 is 2.32 bits per heavy atom. The van der Waals surface area contributed by atoms with Crippen molar-refractivity contribution in [3.05, 3.63) is 62.5 Å². The van der Waals surface area contributed by atoms with Gasteiger partial charge in [-0.3, -0.25) is 0 Å². The van der Waals surface area contributed by atoms with Crippen LogP contribution in [0.3, 0.4) is 0 Å². The number of rotatable bonds is 3. The van der Waals surface area contributed by atoms with Gasteiger partial charge in [-0.15, -0.1) is 0 Å². The van der Waals surface area contributed by atoms with Gasteiger partial charge >= 0.3 is 0 Å². The lowest BCUT2D eigenvalue weighted by Crippen LogP contribution is -2.17. The molecule has 0 radical (unpaired) electrons. The van der Waals surface area contributed by atoms with Gasteiger partial charge < -0.3 is 4.90 Å². The molecule has 0 spiro atoms. The van der Waals surface area contributed by atoms with Gasteiger partial charge in [-0.2, -0.15) is 5.26 Å². The van der Waals surface area contributed by atoms with Gasteiger partial charge in [-0.1, -0.05) is 44.0 Å². The van der Waals surface area contributed by atoms with Crippen LogP contribution in [0.2, 0.25) is 0 Å². The van der Waals surface area contributed by atoms with Crippen LogP contribution in [-0.4, -0.2) is 7.05 Å². The van der Waals surface area contributed by atoms with Crippen molar-refractivity contribution in [1.82, 2.24) is 0 Å². The van der Waals surface area contributed by atoms with Crippen molar-refractivity contribution < 1.29 is 0 Å². The minimum atomic E-state index is 0.683. The third-order valence-electron chi connectivity index (χ3n) is 2.82. The lowest BCUT2D eigenvalue weighted by Gasteiger charge is -2.21. The zero-order chi connectivity index (χ0) is 13.8. The van der Waals surface area contributed by atoms with E-state index in [-0.39, 0.29) is 0 Å². The first-order valence-electron chi connectivity index (χ1n) is 5.75. The Morgan fingerprint density at radius 1 is 1.05 bits per heavy atom. The molecule has 0 amide bonds. The first-order chi connectivity index (χ1) is 9.10. The molecule has 2 aromatic rings. The summed E-state index contributed by atoms with van der Waals surface area (Å²) in [6.45, 7) is 0.762. The van der Waals surface area contributed by atoms with E-state index in [2.05, 4.69) is 55.0 Å². The third kappa shape index (κ3) is 3.59. The summed E-state index contributed by atoms with van der Waals surface area (Å²) in [7, 11) is 1.99. The van der Waals surface area contributed by atoms with Crippen LogP contribution in [0.25, 0.3) is 0 Å². The standard InChI is InChI=1S/C15H12Br2N2/c1-19(10-11-2-5-13(16)6-3-11)15-8-14(17)7-4-12(15)9-18/h2-8H,10H2,1H3. The molecule has 0 aromatic heterocycles. The Balaban J connectivity index is 2.25. The first-order valence-corrected chi connectivity index (χ1v) is 7.34. The van der Waals surface area contributed by atoms with Crippen molar-refractivity contribution in [3.8, 4) is 6.07 Å². The Morgan fingerprint density at radius 2 is 1.68 bits per heavy atom. The highest BCUT2D eigenvalue weighted by atomic mass is 79.9. The summed E-state index contributed by atoms with van der Waals surface area (Å²) in [6, 6.07) is 16.1. The van der Waals surface area contributed by atoms with Gasteiger partial charge in [0.1, 0.15) is 6.07 Å². The summed E-state index contributed by atoms with van der Waals surface area (Å²) >= 11 is 6.87. The van der Waals surface area contributed by atoms with Crippen LogP contribution in [0.15, 0.2) is 51.4 Å². The summed E-state index contributed by atoms with van der Waals surface area (Å²) in [6.07, 6.45) is 0. The van der Waals surface area contributed by atoms with Gasteiger partial charge in [-0.05, 0) is 35.9 Å². The zero-order valence-corrected chi connectivity index (χ0v) is 13.6. The number of nitriles is 1. The second-order valence-corrected chi connectivity index (χ2v) is 6.09. The van der Waals surface area contributed by atoms with E-state index in [1.807, 2.05) is 37.4 Å². The second kappa shape index (κ2) is 6.23. The number of hydrogen-bond donors (Lipinski definition) is 0. The van der Waals surface area contributed by atoms with Crippen LogP contribution in [0.4, 0.5) is 5.69 Å². The number of nitrogens with zero attached hydrogens (tertiary/aromatic N) is 2. The van der Waals surface area contributed by atoms with Crippen LogP contribution >= 0.6 is 31.9 Å². The largest absolute Gasteiger partial charge is 0.369 e. The van der Waals surface area contributed by atoms with Gasteiger partial charge in [0.25, 0.3) is 0 Å². The SMILES string of the molecule is CN(Cc1ccc(Br)cc1)c1cc(Br)ccc1C#N. The van der Waals surface area contributed by atoms with E-state index >= 15 is 0 Å². The Hall–Kier alpha value is -1.31. The molecule has 19 heavy (non-hydrogen) atoms. The van der Waals surface area contributed by atoms with Gasteiger partial charge in [0.15, 0.2) is 0 Å². The molecule has 0 fully saturated rings. The normalized spacial score (nSPS) is 10.0. The van der Waals surface area contributed by atoms with Crippen molar-refractivity contribution in [2.24, 2.45) is 0 Å². The lowest BCUT2D eigenvalue weighted by atomic mass is 10.1. The van der Waals surface area contributed by atoms with Gasteiger partial charge in [0, 0.05) is 22.5 Å². The van der Waals surface area contributed by atoms with E-state index in [0.29, 0.717) is 5.56 Å². The molecule has 4 heteroatoms. The Bertz CT molecular complexity index is 615. The Labute approximate surface area is 129 Å². The molecule has 0 bridgehead atoms. The maximum Gasteiger partial charge on any atom is 0.101 e. The molecule has 2 aromatic carbocycles. The smallest absolute Gasteiger partial charge is 0.101 e. The molecule has 96 valence electrons. The zero-order valence-electron chi connectivity index (χ0n) is 10.4. The van der Waals surface area contributed by atoms with Crippen LogP contribution < -0.4 is 4.90 Å². The van der Waals surface area contributed by atoms with Crippen molar-refractivity contribution in [1.29, 1.82) is 5.26 Å². The fourth-order valence-electron chi connectivity index (χ4n) is 1.86. The van der Waals surface area contributed by atoms with E-state index < -0.39 is 0 Å². The molecule has 0 aliphatic carbocycles. The fraction of sp³-hybridized carbons (Fsp3) is 0.133. The van der Waals surface area contributed by atoms with E-state index in [4.69, 9.17) is 5.26 Å². The van der Waals surface area contributed by atoms with Gasteiger partial charge in [-0.25, -0.2) is 0 Å². The molecule has 0 aliphatic heterocycles. The predicted molar refractivity (Wildman–Crippen MR) is 85.1 cm³/mol. The van der Waals surface area contributed by atoms with Crippen LogP contribution in [0, 0.1) is 11.3 Å². The minimum Gasteiger partial charge on any atom is -0.369 e. The fourth-order valence-corrected chi connectivity index (χ4v) is 2.48. The minimum absolute atomic E-state index is 0.683. The van der Waals surface area contributed by atoms with E-state index in [0.717, 1.165) is 21.2 Å². The van der Waals surface area contributed by atoms with E-state index in [1.165, 1.54) is 5.56 Å². The Kier molecular flexibility index (Phi) is 4.62. The highest BCUT2D eigenvalue weighted by Crippen LogP contribution is 2.25. The maximum absolute atomic E-state index is 9.16. The number of benzene rings is 2. The predicted octanol–water partition coefficient (Wildman–Crippen LogP) is 4.72. The number of hydrogen-bond acceptors (Lipinski definition) is 2. The van der Waals surface area contributed by atoms with E-state index in [1.54, 1.807) is 0 Å². The third-order valence-corrected chi connectivity index (χ3v) is 3.85. The molecule has 0 heterocycles. The summed E-state index contributed by atoms with van der Waals surface area (Å²) in [5.74, 6) is 0. The van der Waals surface area contributed by atoms with Crippen molar-refractivity contribution in [2.45, 2.75) is 6.54 Å². The average Bonchev–Trinajstić information content (AvgIpc) is 2.41. The molecule has 0 N–H and O–H groups in total. The molecule has 0 saturated carbocycles. The van der Waals surface area contributed by atoms with Gasteiger partial charge in [0.2, 0.25) is 0 Å². The maximum atomic E-state index is 9.16. The highest BCUT2D eigenvalue weighted by Gasteiger charge is 2.08. The highest BCUT2D eigenvalue weighted by molar-refractivity contribution is 9.10. The molecular formula is C15H12Br2N2. The lowest BCUT2D eigenvalue weighted by molar-refractivity contribution is 0.920. The van der Waals surface area contributed by atoms with Crippen LogP contribution in [0.1, 0.15) is 11.1 Å². The summed E-state index contributed by atoms with van der Waals surface area (Å²) in [5, 5.41) is 9.16. The molecule has 2 nitrogen and oxygen atoms in total. The topological polar surface area (TPSA) is 27.0 Å². The van der Waals surface area contributed by atoms with Crippen molar-refractivity contribution >= 4 is 37.5 Å². The number of halogens is 2. The summed E-state index contributed by atoms with van der Waals surface area (Å²) < 4.78 is 2.04. The summed E-state index contributed by atoms with van der Waals surface area (Å²) in [5.41, 5.74) is 2.82. The molecule has 0 atom stereocenters. The van der Waals surface area contributed by atoms with Crippen LogP contribution in [-0.2, 0) is 6.54 Å². The number of anilines is 1. The monoisotopic (exact) mass is 378 g/mol. The first kappa shape index (κ1) is 14.1. The van der Waals surface area contributed by atoms with Gasteiger partial charge in [0.05, 0.1) is 11.3 Å². The molecule has 0 aliphatic rings. The molecule has 0 unspecified atom stereocenters. The molecular weight excluding hydrogens is 368 g/mol. The molecule has 2 rings (SSSR count). The second-order valence-electron chi connectivity index (χ2n) is 4.26. The van der Waals surface area contributed by atoms with E-state index in [9.17, 15) is 0 Å².